The normalized spacial score (nSPS) is 10.4. The van der Waals surface area contributed by atoms with Gasteiger partial charge in [0.2, 0.25) is 11.8 Å². The summed E-state index contributed by atoms with van der Waals surface area (Å²) in [6, 6.07) is 13.7. The summed E-state index contributed by atoms with van der Waals surface area (Å²) in [6.07, 6.45) is 1.59. The summed E-state index contributed by atoms with van der Waals surface area (Å²) in [7, 11) is 1.56. The lowest BCUT2D eigenvalue weighted by Gasteiger charge is -2.10. The molecule has 1 aromatic heterocycles. The molecular weight excluding hydrogens is 346 g/mol. The first-order valence-electron chi connectivity index (χ1n) is 8.31. The third kappa shape index (κ3) is 4.33. The zero-order valence-corrected chi connectivity index (χ0v) is 15.0. The van der Waals surface area contributed by atoms with Gasteiger partial charge in [-0.05, 0) is 53.9 Å². The molecular formula is C20H19N3O4. The summed E-state index contributed by atoms with van der Waals surface area (Å²) in [4.78, 5) is 35.9. The molecule has 0 radical (unpaired) electrons. The molecule has 3 aromatic rings. The number of hydrogen-bond acceptors (Lipinski definition) is 4. The second-order valence-corrected chi connectivity index (χ2v) is 6.01. The van der Waals surface area contributed by atoms with Crippen LogP contribution in [0.1, 0.15) is 6.92 Å². The van der Waals surface area contributed by atoms with Crippen LogP contribution < -0.4 is 20.9 Å². The van der Waals surface area contributed by atoms with Crippen LogP contribution in [0.3, 0.4) is 0 Å². The number of nitrogens with zero attached hydrogens (tertiary/aromatic N) is 1. The van der Waals surface area contributed by atoms with Crippen LogP contribution in [0.15, 0.2) is 59.5 Å². The topological polar surface area (TPSA) is 89.4 Å². The molecule has 27 heavy (non-hydrogen) atoms. The minimum atomic E-state index is -0.322. The van der Waals surface area contributed by atoms with Crippen molar-refractivity contribution in [2.24, 2.45) is 0 Å². The molecule has 0 saturated carbocycles. The zero-order valence-electron chi connectivity index (χ0n) is 15.0. The molecule has 138 valence electrons. The number of fused-ring (bicyclic) bond motifs is 1. The molecule has 0 bridgehead atoms. The van der Waals surface area contributed by atoms with Crippen LogP contribution in [0.4, 0.5) is 11.4 Å². The second-order valence-electron chi connectivity index (χ2n) is 6.01. The lowest BCUT2D eigenvalue weighted by Crippen LogP contribution is -2.27. The van der Waals surface area contributed by atoms with E-state index in [1.165, 1.54) is 11.5 Å². The first kappa shape index (κ1) is 18.2. The van der Waals surface area contributed by atoms with Gasteiger partial charge < -0.3 is 19.9 Å². The summed E-state index contributed by atoms with van der Waals surface area (Å²) in [5, 5.41) is 6.66. The number of hydrogen-bond donors (Lipinski definition) is 2. The van der Waals surface area contributed by atoms with E-state index >= 15 is 0 Å². The van der Waals surface area contributed by atoms with E-state index in [1.54, 1.807) is 61.8 Å². The Bertz CT molecular complexity index is 1060. The number of aromatic nitrogens is 1. The Balaban J connectivity index is 1.73. The van der Waals surface area contributed by atoms with Gasteiger partial charge in [0.05, 0.1) is 7.11 Å². The summed E-state index contributed by atoms with van der Waals surface area (Å²) in [5.74, 6) is 0.178. The van der Waals surface area contributed by atoms with Crippen LogP contribution in [0.25, 0.3) is 10.8 Å². The molecule has 7 nitrogen and oxygen atoms in total. The van der Waals surface area contributed by atoms with Crippen molar-refractivity contribution < 1.29 is 14.3 Å². The third-order valence-electron chi connectivity index (χ3n) is 3.99. The van der Waals surface area contributed by atoms with Crippen LogP contribution in [-0.4, -0.2) is 23.5 Å². The lowest BCUT2D eigenvalue weighted by molar-refractivity contribution is -0.117. The van der Waals surface area contributed by atoms with Gasteiger partial charge in [-0.25, -0.2) is 0 Å². The largest absolute Gasteiger partial charge is 0.497 e. The van der Waals surface area contributed by atoms with Gasteiger partial charge in [0.15, 0.2) is 0 Å². The van der Waals surface area contributed by atoms with E-state index in [2.05, 4.69) is 10.6 Å². The average molecular weight is 365 g/mol. The van der Waals surface area contributed by atoms with Crippen molar-refractivity contribution in [2.45, 2.75) is 13.5 Å². The number of carbonyl (C=O) groups excluding carboxylic acids is 2. The number of pyridine rings is 1. The molecule has 0 aliphatic heterocycles. The average Bonchev–Trinajstić information content (AvgIpc) is 2.65. The van der Waals surface area contributed by atoms with Crippen molar-refractivity contribution in [1.82, 2.24) is 4.57 Å². The number of nitrogens with one attached hydrogen (secondary N) is 2. The second kappa shape index (κ2) is 7.74. The van der Waals surface area contributed by atoms with Crippen molar-refractivity contribution in [1.29, 1.82) is 0 Å². The van der Waals surface area contributed by atoms with Gasteiger partial charge >= 0.3 is 0 Å². The minimum absolute atomic E-state index is 0.103. The summed E-state index contributed by atoms with van der Waals surface area (Å²) < 4.78 is 6.51. The number of carbonyl (C=O) groups is 2. The SMILES string of the molecule is COc1ccc2c(=O)n(CC(=O)Nc3ccc(NC(C)=O)cc3)ccc2c1. The van der Waals surface area contributed by atoms with Crippen LogP contribution in [0, 0.1) is 0 Å². The van der Waals surface area contributed by atoms with Crippen molar-refractivity contribution in [3.63, 3.8) is 0 Å². The van der Waals surface area contributed by atoms with Crippen LogP contribution in [0.5, 0.6) is 5.75 Å². The number of amides is 2. The smallest absolute Gasteiger partial charge is 0.258 e. The predicted molar refractivity (Wildman–Crippen MR) is 104 cm³/mol. The Morgan fingerprint density at radius 1 is 1.00 bits per heavy atom. The van der Waals surface area contributed by atoms with E-state index in [-0.39, 0.29) is 23.9 Å². The van der Waals surface area contributed by atoms with Gasteiger partial charge in [0.25, 0.3) is 5.56 Å². The Labute approximate surface area is 155 Å². The van der Waals surface area contributed by atoms with Crippen molar-refractivity contribution in [3.8, 4) is 5.75 Å². The van der Waals surface area contributed by atoms with E-state index < -0.39 is 0 Å². The summed E-state index contributed by atoms with van der Waals surface area (Å²) >= 11 is 0. The highest BCUT2D eigenvalue weighted by Gasteiger charge is 2.08. The molecule has 0 atom stereocenters. The molecule has 7 heteroatoms. The maximum Gasteiger partial charge on any atom is 0.258 e. The van der Waals surface area contributed by atoms with Crippen LogP contribution in [0.2, 0.25) is 0 Å². The maximum atomic E-state index is 12.6. The first-order valence-corrected chi connectivity index (χ1v) is 8.31. The highest BCUT2D eigenvalue weighted by atomic mass is 16.5. The maximum absolute atomic E-state index is 12.6. The molecule has 0 saturated heterocycles. The van der Waals surface area contributed by atoms with Crippen molar-refractivity contribution in [3.05, 3.63) is 65.1 Å². The van der Waals surface area contributed by atoms with Gasteiger partial charge in [0, 0.05) is 29.9 Å². The standard InChI is InChI=1S/C20H19N3O4/c1-13(24)21-15-3-5-16(6-4-15)22-19(25)12-23-10-9-14-11-17(27-2)7-8-18(14)20(23)26/h3-11H,12H2,1-2H3,(H,21,24)(H,22,25). The number of rotatable bonds is 5. The molecule has 0 aliphatic carbocycles. The summed E-state index contributed by atoms with van der Waals surface area (Å²) in [6.45, 7) is 1.32. The van der Waals surface area contributed by atoms with Gasteiger partial charge in [-0.2, -0.15) is 0 Å². The van der Waals surface area contributed by atoms with Crippen molar-refractivity contribution in [2.75, 3.05) is 17.7 Å². The number of methoxy groups -OCH3 is 1. The molecule has 0 unspecified atom stereocenters. The molecule has 0 aliphatic rings. The fraction of sp³-hybridized carbons (Fsp3) is 0.150. The molecule has 1 heterocycles. The van der Waals surface area contributed by atoms with Gasteiger partial charge in [-0.15, -0.1) is 0 Å². The Hall–Kier alpha value is -3.61. The van der Waals surface area contributed by atoms with E-state index in [0.717, 1.165) is 5.39 Å². The Morgan fingerprint density at radius 3 is 2.30 bits per heavy atom. The number of benzene rings is 2. The Morgan fingerprint density at radius 2 is 1.67 bits per heavy atom. The molecule has 2 amide bonds. The third-order valence-corrected chi connectivity index (χ3v) is 3.99. The molecule has 0 fully saturated rings. The van der Waals surface area contributed by atoms with E-state index in [4.69, 9.17) is 4.74 Å². The fourth-order valence-corrected chi connectivity index (χ4v) is 2.71. The number of anilines is 2. The summed E-state index contributed by atoms with van der Waals surface area (Å²) in [5.41, 5.74) is 0.973. The quantitative estimate of drug-likeness (QED) is 0.727. The monoisotopic (exact) mass is 365 g/mol. The molecule has 3 rings (SSSR count). The van der Waals surface area contributed by atoms with Gasteiger partial charge in [-0.1, -0.05) is 0 Å². The van der Waals surface area contributed by atoms with E-state index in [0.29, 0.717) is 22.5 Å². The van der Waals surface area contributed by atoms with E-state index in [9.17, 15) is 14.4 Å². The zero-order chi connectivity index (χ0) is 19.4. The lowest BCUT2D eigenvalue weighted by atomic mass is 10.1. The minimum Gasteiger partial charge on any atom is -0.497 e. The van der Waals surface area contributed by atoms with Crippen LogP contribution in [-0.2, 0) is 16.1 Å². The Kier molecular flexibility index (Phi) is 5.21. The first-order chi connectivity index (χ1) is 13.0. The fourth-order valence-electron chi connectivity index (χ4n) is 2.71. The highest BCUT2D eigenvalue weighted by molar-refractivity contribution is 5.92. The molecule has 0 spiro atoms. The van der Waals surface area contributed by atoms with Gasteiger partial charge in [-0.3, -0.25) is 14.4 Å². The number of ether oxygens (including phenoxy) is 1. The molecule has 2 aromatic carbocycles. The van der Waals surface area contributed by atoms with Crippen LogP contribution >= 0.6 is 0 Å². The van der Waals surface area contributed by atoms with E-state index in [1.807, 2.05) is 0 Å². The predicted octanol–water partition coefficient (Wildman–Crippen LogP) is 2.61. The highest BCUT2D eigenvalue weighted by Crippen LogP contribution is 2.18. The van der Waals surface area contributed by atoms with Crippen molar-refractivity contribution >= 4 is 34.0 Å². The molecule has 2 N–H and O–H groups in total. The van der Waals surface area contributed by atoms with Gasteiger partial charge in [0.1, 0.15) is 12.3 Å².